The standard InChI is InChI=1S/C20H22BrN3O5/c1-13-6-4-5-7-16(13)29-12-20(26)22-11-19(25)24-23-10-14-8-17(27-2)18(28-3)9-15(14)21/h4-10H,11-12H2,1-3H3,(H,22,26)(H,24,25)/b23-10+. The highest BCUT2D eigenvalue weighted by Crippen LogP contribution is 2.32. The summed E-state index contributed by atoms with van der Waals surface area (Å²) in [4.78, 5) is 23.7. The second-order valence-electron chi connectivity index (χ2n) is 5.85. The molecule has 0 radical (unpaired) electrons. The topological polar surface area (TPSA) is 98.2 Å². The van der Waals surface area contributed by atoms with Crippen molar-refractivity contribution in [2.45, 2.75) is 6.92 Å². The molecule has 0 aliphatic rings. The third-order valence-corrected chi connectivity index (χ3v) is 4.48. The van der Waals surface area contributed by atoms with Crippen LogP contribution in [0, 0.1) is 6.92 Å². The van der Waals surface area contributed by atoms with Gasteiger partial charge in [0.2, 0.25) is 0 Å². The van der Waals surface area contributed by atoms with Gasteiger partial charge in [-0.3, -0.25) is 9.59 Å². The summed E-state index contributed by atoms with van der Waals surface area (Å²) in [5, 5.41) is 6.35. The fourth-order valence-corrected chi connectivity index (χ4v) is 2.70. The lowest BCUT2D eigenvalue weighted by Crippen LogP contribution is -2.37. The van der Waals surface area contributed by atoms with Gasteiger partial charge in [-0.05, 0) is 46.6 Å². The molecular weight excluding hydrogens is 442 g/mol. The number of hydrogen-bond acceptors (Lipinski definition) is 6. The lowest BCUT2D eigenvalue weighted by atomic mass is 10.2. The van der Waals surface area contributed by atoms with Crippen LogP contribution in [0.2, 0.25) is 0 Å². The molecule has 0 saturated carbocycles. The van der Waals surface area contributed by atoms with E-state index in [2.05, 4.69) is 31.8 Å². The maximum Gasteiger partial charge on any atom is 0.259 e. The van der Waals surface area contributed by atoms with Crippen molar-refractivity contribution in [1.82, 2.24) is 10.7 Å². The molecule has 9 heteroatoms. The number of ether oxygens (including phenoxy) is 3. The molecule has 0 saturated heterocycles. The molecule has 2 amide bonds. The fraction of sp³-hybridized carbons (Fsp3) is 0.250. The molecule has 0 heterocycles. The average molecular weight is 464 g/mol. The van der Waals surface area contributed by atoms with Crippen molar-refractivity contribution in [3.63, 3.8) is 0 Å². The number of para-hydroxylation sites is 1. The SMILES string of the molecule is COc1cc(Br)c(/C=N/NC(=O)CNC(=O)COc2ccccc2C)cc1OC. The summed E-state index contributed by atoms with van der Waals surface area (Å²) in [6.07, 6.45) is 1.45. The molecule has 0 aliphatic carbocycles. The number of halogens is 1. The average Bonchev–Trinajstić information content (AvgIpc) is 2.72. The molecule has 0 fully saturated rings. The van der Waals surface area contributed by atoms with Crippen LogP contribution in [0.1, 0.15) is 11.1 Å². The Balaban J connectivity index is 1.79. The third kappa shape index (κ3) is 6.79. The van der Waals surface area contributed by atoms with Crippen LogP contribution in [-0.2, 0) is 9.59 Å². The highest BCUT2D eigenvalue weighted by molar-refractivity contribution is 9.10. The predicted molar refractivity (Wildman–Crippen MR) is 113 cm³/mol. The van der Waals surface area contributed by atoms with Crippen LogP contribution in [0.4, 0.5) is 0 Å². The number of nitrogens with one attached hydrogen (secondary N) is 2. The quantitative estimate of drug-likeness (QED) is 0.439. The van der Waals surface area contributed by atoms with Crippen LogP contribution < -0.4 is 25.0 Å². The van der Waals surface area contributed by atoms with Gasteiger partial charge in [0.15, 0.2) is 18.1 Å². The minimum atomic E-state index is -0.470. The Kier molecular flexibility index (Phi) is 8.47. The Bertz CT molecular complexity index is 902. The van der Waals surface area contributed by atoms with Gasteiger partial charge in [0.1, 0.15) is 5.75 Å². The molecule has 2 N–H and O–H groups in total. The summed E-state index contributed by atoms with van der Waals surface area (Å²) in [5.74, 6) is 0.842. The van der Waals surface area contributed by atoms with E-state index in [-0.39, 0.29) is 13.2 Å². The second kappa shape index (κ2) is 11.1. The molecule has 0 aliphatic heterocycles. The zero-order valence-corrected chi connectivity index (χ0v) is 17.9. The van der Waals surface area contributed by atoms with E-state index < -0.39 is 11.8 Å². The normalized spacial score (nSPS) is 10.5. The number of hydrazone groups is 1. The second-order valence-corrected chi connectivity index (χ2v) is 6.71. The van der Waals surface area contributed by atoms with Crippen molar-refractivity contribution >= 4 is 34.0 Å². The van der Waals surface area contributed by atoms with Crippen LogP contribution >= 0.6 is 15.9 Å². The van der Waals surface area contributed by atoms with Gasteiger partial charge in [-0.25, -0.2) is 5.43 Å². The van der Waals surface area contributed by atoms with E-state index in [1.807, 2.05) is 25.1 Å². The van der Waals surface area contributed by atoms with E-state index in [4.69, 9.17) is 14.2 Å². The number of nitrogens with zero attached hydrogens (tertiary/aromatic N) is 1. The summed E-state index contributed by atoms with van der Waals surface area (Å²) < 4.78 is 16.6. The Morgan fingerprint density at radius 2 is 1.76 bits per heavy atom. The highest BCUT2D eigenvalue weighted by atomic mass is 79.9. The maximum absolute atomic E-state index is 11.8. The van der Waals surface area contributed by atoms with Crippen LogP contribution in [-0.4, -0.2) is 45.4 Å². The van der Waals surface area contributed by atoms with E-state index >= 15 is 0 Å². The fourth-order valence-electron chi connectivity index (χ4n) is 2.27. The molecule has 8 nitrogen and oxygen atoms in total. The third-order valence-electron chi connectivity index (χ3n) is 3.79. The number of methoxy groups -OCH3 is 2. The van der Waals surface area contributed by atoms with E-state index in [1.165, 1.54) is 13.3 Å². The molecule has 0 spiro atoms. The zero-order chi connectivity index (χ0) is 21.2. The van der Waals surface area contributed by atoms with Crippen LogP contribution in [0.5, 0.6) is 17.2 Å². The number of hydrogen-bond donors (Lipinski definition) is 2. The van der Waals surface area contributed by atoms with Gasteiger partial charge in [0.25, 0.3) is 11.8 Å². The predicted octanol–water partition coefficient (Wildman–Crippen LogP) is 2.42. The number of carbonyl (C=O) groups excluding carboxylic acids is 2. The summed E-state index contributed by atoms with van der Waals surface area (Å²) in [6.45, 7) is 1.48. The minimum Gasteiger partial charge on any atom is -0.493 e. The summed E-state index contributed by atoms with van der Waals surface area (Å²) in [5.41, 5.74) is 3.95. The molecular formula is C20H22BrN3O5. The van der Waals surface area contributed by atoms with Crippen molar-refractivity contribution in [2.24, 2.45) is 5.10 Å². The lowest BCUT2D eigenvalue weighted by Gasteiger charge is -2.10. The summed E-state index contributed by atoms with van der Waals surface area (Å²) in [6, 6.07) is 10.8. The molecule has 2 aromatic carbocycles. The van der Waals surface area contributed by atoms with Crippen LogP contribution in [0.15, 0.2) is 46.0 Å². The number of rotatable bonds is 9. The van der Waals surface area contributed by atoms with Crippen molar-refractivity contribution in [3.05, 3.63) is 52.0 Å². The highest BCUT2D eigenvalue weighted by Gasteiger charge is 2.09. The van der Waals surface area contributed by atoms with Crippen molar-refractivity contribution in [2.75, 3.05) is 27.4 Å². The smallest absolute Gasteiger partial charge is 0.259 e. The first-order valence-corrected chi connectivity index (χ1v) is 9.42. The summed E-state index contributed by atoms with van der Waals surface area (Å²) >= 11 is 3.40. The molecule has 0 unspecified atom stereocenters. The maximum atomic E-state index is 11.8. The molecule has 0 bridgehead atoms. The minimum absolute atomic E-state index is 0.181. The number of benzene rings is 2. The van der Waals surface area contributed by atoms with E-state index in [9.17, 15) is 9.59 Å². The first kappa shape index (κ1) is 22.2. The molecule has 154 valence electrons. The number of aryl methyl sites for hydroxylation is 1. The van der Waals surface area contributed by atoms with Gasteiger partial charge in [-0.1, -0.05) is 18.2 Å². The Hall–Kier alpha value is -3.07. The molecule has 29 heavy (non-hydrogen) atoms. The number of amides is 2. The van der Waals surface area contributed by atoms with Crippen LogP contribution in [0.3, 0.4) is 0 Å². The Labute approximate surface area is 177 Å². The largest absolute Gasteiger partial charge is 0.493 e. The van der Waals surface area contributed by atoms with Crippen LogP contribution in [0.25, 0.3) is 0 Å². The molecule has 2 rings (SSSR count). The van der Waals surface area contributed by atoms with Crippen molar-refractivity contribution in [3.8, 4) is 17.2 Å². The van der Waals surface area contributed by atoms with Gasteiger partial charge in [-0.15, -0.1) is 0 Å². The van der Waals surface area contributed by atoms with Gasteiger partial charge in [0, 0.05) is 10.0 Å². The molecule has 2 aromatic rings. The molecule has 0 atom stereocenters. The van der Waals surface area contributed by atoms with Gasteiger partial charge in [-0.2, -0.15) is 5.10 Å². The first-order valence-electron chi connectivity index (χ1n) is 8.63. The monoisotopic (exact) mass is 463 g/mol. The van der Waals surface area contributed by atoms with Gasteiger partial charge < -0.3 is 19.5 Å². The first-order chi connectivity index (χ1) is 13.9. The van der Waals surface area contributed by atoms with E-state index in [1.54, 1.807) is 25.3 Å². The lowest BCUT2D eigenvalue weighted by molar-refractivity contribution is -0.127. The van der Waals surface area contributed by atoms with Crippen molar-refractivity contribution < 1.29 is 23.8 Å². The van der Waals surface area contributed by atoms with Crippen molar-refractivity contribution in [1.29, 1.82) is 0 Å². The van der Waals surface area contributed by atoms with E-state index in [0.29, 0.717) is 22.8 Å². The Morgan fingerprint density at radius 1 is 1.07 bits per heavy atom. The summed E-state index contributed by atoms with van der Waals surface area (Å²) in [7, 11) is 3.07. The van der Waals surface area contributed by atoms with Gasteiger partial charge in [0.05, 0.1) is 27.0 Å². The number of carbonyl (C=O) groups is 2. The van der Waals surface area contributed by atoms with Gasteiger partial charge >= 0.3 is 0 Å². The zero-order valence-electron chi connectivity index (χ0n) is 16.3. The molecule has 0 aromatic heterocycles. The Morgan fingerprint density at radius 3 is 2.45 bits per heavy atom. The van der Waals surface area contributed by atoms with E-state index in [0.717, 1.165) is 10.0 Å².